The van der Waals surface area contributed by atoms with Crippen molar-refractivity contribution in [1.29, 1.82) is 0 Å². The molecule has 0 radical (unpaired) electrons. The van der Waals surface area contributed by atoms with E-state index in [1.54, 1.807) is 0 Å². The van der Waals surface area contributed by atoms with Crippen LogP contribution in [0.1, 0.15) is 43.3 Å². The van der Waals surface area contributed by atoms with E-state index in [9.17, 15) is 60.7 Å². The molecule has 1 aliphatic carbocycles. The van der Waals surface area contributed by atoms with E-state index >= 15 is 0 Å². The van der Waals surface area contributed by atoms with Crippen molar-refractivity contribution in [1.82, 2.24) is 0 Å². The molecule has 2 fully saturated rings. The molecule has 15 heteroatoms. The molecular formula is C27H30O15. The molecule has 2 aromatic rings. The smallest absolute Gasteiger partial charge is 0.335 e. The molecule has 42 heavy (non-hydrogen) atoms. The predicted octanol–water partition coefficient (Wildman–Crippen LogP) is -3.21. The van der Waals surface area contributed by atoms with E-state index in [1.165, 1.54) is 18.2 Å². The average molecular weight is 595 g/mol. The zero-order valence-corrected chi connectivity index (χ0v) is 21.7. The van der Waals surface area contributed by atoms with E-state index in [1.807, 2.05) is 0 Å². The standard InChI is InChI=1S/C27H30O15/c28-6-13-18(31)21(34)23(36)25(40-13)15-9-2-1-3-12(41-27-24(37)22(35)19(32)14(7-29)42-27)17(9)20(33)16-10(15)4-8(26(38)39)5-11(16)30/h1-5,13-15,18-19,21-25,27-32,34-37H,6-7H2,(H,38,39)/t13-,14-,15+,18-,19-,21+,22+,23-,24-,25+,27-/m1/s1. The molecule has 15 nitrogen and oxygen atoms in total. The number of ketones is 1. The van der Waals surface area contributed by atoms with Crippen LogP contribution in [0.3, 0.4) is 0 Å². The number of aliphatic hydroxyl groups is 8. The van der Waals surface area contributed by atoms with Gasteiger partial charge in [-0.3, -0.25) is 4.79 Å². The maximum Gasteiger partial charge on any atom is 0.335 e. The molecule has 11 atom stereocenters. The minimum absolute atomic E-state index is 0.0564. The fourth-order valence-corrected chi connectivity index (χ4v) is 5.76. The SMILES string of the molecule is O=C(O)c1cc(O)c2c(c1)[C@@H]([C@@H]1O[C@H](CO)[C@@H](O)[C@H](O)[C@H]1O)c1cccc(O[C@@H]3O[C@H](CO)[C@@H](O)[C@H](O)[C@H]3O)c1C2=O. The van der Waals surface area contributed by atoms with Gasteiger partial charge >= 0.3 is 5.97 Å². The van der Waals surface area contributed by atoms with Crippen molar-refractivity contribution < 1.29 is 74.9 Å². The highest BCUT2D eigenvalue weighted by atomic mass is 16.7. The van der Waals surface area contributed by atoms with E-state index in [0.717, 1.165) is 12.1 Å². The Bertz CT molecular complexity index is 1360. The summed E-state index contributed by atoms with van der Waals surface area (Å²) in [6.45, 7) is -1.52. The Kier molecular flexibility index (Phi) is 8.25. The number of carboxylic acid groups (broad SMARTS) is 1. The van der Waals surface area contributed by atoms with Crippen molar-refractivity contribution in [2.45, 2.75) is 67.1 Å². The number of benzene rings is 2. The number of hydrogen-bond acceptors (Lipinski definition) is 14. The summed E-state index contributed by atoms with van der Waals surface area (Å²) in [7, 11) is 0. The van der Waals surface area contributed by atoms with Crippen LogP contribution in [0.15, 0.2) is 30.3 Å². The van der Waals surface area contributed by atoms with Gasteiger partial charge in [0.15, 0.2) is 0 Å². The highest BCUT2D eigenvalue weighted by Crippen LogP contribution is 2.48. The summed E-state index contributed by atoms with van der Waals surface area (Å²) >= 11 is 0. The van der Waals surface area contributed by atoms with Gasteiger partial charge in [-0.2, -0.15) is 0 Å². The Balaban J connectivity index is 1.66. The first-order valence-corrected chi connectivity index (χ1v) is 13.0. The number of hydrogen-bond donors (Lipinski definition) is 10. The van der Waals surface area contributed by atoms with E-state index in [4.69, 9.17) is 14.2 Å². The summed E-state index contributed by atoms with van der Waals surface area (Å²) in [5, 5.41) is 102. The van der Waals surface area contributed by atoms with Crippen LogP contribution in [0.4, 0.5) is 0 Å². The summed E-state index contributed by atoms with van der Waals surface area (Å²) in [5.74, 6) is -4.60. The van der Waals surface area contributed by atoms with E-state index in [0.29, 0.717) is 0 Å². The summed E-state index contributed by atoms with van der Waals surface area (Å²) in [6, 6.07) is 6.03. The maximum absolute atomic E-state index is 13.9. The Morgan fingerprint density at radius 3 is 2.02 bits per heavy atom. The molecule has 3 aliphatic rings. The van der Waals surface area contributed by atoms with Gasteiger partial charge in [-0.15, -0.1) is 0 Å². The number of ether oxygens (including phenoxy) is 3. The highest BCUT2D eigenvalue weighted by Gasteiger charge is 2.51. The maximum atomic E-state index is 13.9. The molecule has 0 amide bonds. The molecule has 2 aliphatic heterocycles. The third kappa shape index (κ3) is 4.83. The largest absolute Gasteiger partial charge is 0.507 e. The average Bonchev–Trinajstić information content (AvgIpc) is 2.96. The number of carbonyl (C=O) groups is 2. The summed E-state index contributed by atoms with van der Waals surface area (Å²) in [4.78, 5) is 25.7. The van der Waals surface area contributed by atoms with Crippen LogP contribution < -0.4 is 4.74 Å². The van der Waals surface area contributed by atoms with Gasteiger partial charge in [-0.05, 0) is 29.3 Å². The lowest BCUT2D eigenvalue weighted by molar-refractivity contribution is -0.277. The second-order valence-electron chi connectivity index (χ2n) is 10.4. The molecule has 0 saturated carbocycles. The van der Waals surface area contributed by atoms with E-state index < -0.39 is 103 Å². The molecule has 2 saturated heterocycles. The molecule has 0 spiro atoms. The summed E-state index contributed by atoms with van der Waals surface area (Å²) in [5.41, 5.74) is -1.09. The van der Waals surface area contributed by atoms with Crippen molar-refractivity contribution in [3.63, 3.8) is 0 Å². The number of carboxylic acids is 1. The molecular weight excluding hydrogens is 564 g/mol. The molecule has 2 heterocycles. The second kappa shape index (κ2) is 11.5. The lowest BCUT2D eigenvalue weighted by atomic mass is 9.71. The van der Waals surface area contributed by atoms with Crippen molar-refractivity contribution in [3.8, 4) is 11.5 Å². The predicted molar refractivity (Wildman–Crippen MR) is 135 cm³/mol. The van der Waals surface area contributed by atoms with Crippen molar-refractivity contribution in [3.05, 3.63) is 58.1 Å². The van der Waals surface area contributed by atoms with Gasteiger partial charge in [-0.25, -0.2) is 4.79 Å². The fraction of sp³-hybridized carbons (Fsp3) is 0.481. The Hall–Kier alpha value is -3.22. The summed E-state index contributed by atoms with van der Waals surface area (Å²) in [6.07, 6.45) is -16.6. The van der Waals surface area contributed by atoms with Gasteiger partial charge in [0.2, 0.25) is 12.1 Å². The number of fused-ring (bicyclic) bond motifs is 2. The third-order valence-electron chi connectivity index (χ3n) is 7.93. The first-order chi connectivity index (χ1) is 19.9. The first kappa shape index (κ1) is 30.2. The first-order valence-electron chi connectivity index (χ1n) is 13.0. The van der Waals surface area contributed by atoms with Gasteiger partial charge in [0, 0.05) is 5.92 Å². The van der Waals surface area contributed by atoms with Crippen molar-refractivity contribution in [2.24, 2.45) is 0 Å². The van der Waals surface area contributed by atoms with Gasteiger partial charge in [0.05, 0.1) is 36.0 Å². The van der Waals surface area contributed by atoms with E-state index in [2.05, 4.69) is 0 Å². The number of aliphatic hydroxyl groups excluding tert-OH is 8. The van der Waals surface area contributed by atoms with Crippen molar-refractivity contribution in [2.75, 3.05) is 13.2 Å². The lowest BCUT2D eigenvalue weighted by Gasteiger charge is -2.45. The molecule has 5 rings (SSSR count). The zero-order valence-electron chi connectivity index (χ0n) is 21.7. The van der Waals surface area contributed by atoms with Crippen LogP contribution in [-0.2, 0) is 9.47 Å². The Morgan fingerprint density at radius 1 is 0.786 bits per heavy atom. The topological polar surface area (TPSA) is 264 Å². The quantitative estimate of drug-likeness (QED) is 0.158. The number of aromatic carboxylic acids is 1. The Labute approximate surface area is 237 Å². The van der Waals surface area contributed by atoms with Crippen LogP contribution in [0.2, 0.25) is 0 Å². The van der Waals surface area contributed by atoms with Crippen LogP contribution >= 0.6 is 0 Å². The van der Waals surface area contributed by atoms with Crippen LogP contribution in [-0.4, -0.2) is 137 Å². The number of rotatable bonds is 6. The van der Waals surface area contributed by atoms with Crippen LogP contribution in [0.5, 0.6) is 11.5 Å². The van der Waals surface area contributed by atoms with Crippen LogP contribution in [0, 0.1) is 0 Å². The number of aromatic hydroxyl groups is 1. The molecule has 0 bridgehead atoms. The van der Waals surface area contributed by atoms with Crippen molar-refractivity contribution >= 4 is 11.8 Å². The fourth-order valence-electron chi connectivity index (χ4n) is 5.76. The normalized spacial score (nSPS) is 36.2. The number of phenols is 1. The minimum Gasteiger partial charge on any atom is -0.507 e. The molecule has 228 valence electrons. The molecule has 0 unspecified atom stereocenters. The molecule has 2 aromatic carbocycles. The molecule has 0 aromatic heterocycles. The van der Waals surface area contributed by atoms with Gasteiger partial charge in [0.25, 0.3) is 0 Å². The lowest BCUT2D eigenvalue weighted by Crippen LogP contribution is -2.60. The minimum atomic E-state index is -1.84. The third-order valence-corrected chi connectivity index (χ3v) is 7.93. The van der Waals surface area contributed by atoms with Crippen LogP contribution in [0.25, 0.3) is 0 Å². The second-order valence-corrected chi connectivity index (χ2v) is 10.4. The van der Waals surface area contributed by atoms with Gasteiger partial charge in [0.1, 0.15) is 60.3 Å². The number of carbonyl (C=O) groups excluding carboxylic acids is 1. The van der Waals surface area contributed by atoms with Gasteiger partial charge in [-0.1, -0.05) is 12.1 Å². The summed E-state index contributed by atoms with van der Waals surface area (Å²) < 4.78 is 16.9. The zero-order chi connectivity index (χ0) is 30.6. The Morgan fingerprint density at radius 2 is 1.40 bits per heavy atom. The van der Waals surface area contributed by atoms with Gasteiger partial charge < -0.3 is 65.3 Å². The highest BCUT2D eigenvalue weighted by molar-refractivity contribution is 6.16. The van der Waals surface area contributed by atoms with E-state index in [-0.39, 0.29) is 28.0 Å². The number of phenolic OH excluding ortho intramolecular Hbond substituents is 1. The monoisotopic (exact) mass is 594 g/mol. The molecule has 10 N–H and O–H groups in total.